The fraction of sp³-hybridized carbons (Fsp3) is 0.571. The molecule has 0 N–H and O–H groups in total. The molecule has 0 aromatic rings. The molecule has 0 aromatic carbocycles. The predicted octanol–water partition coefficient (Wildman–Crippen LogP) is 4.48. The van der Waals surface area contributed by atoms with Crippen LogP contribution >= 0.6 is 0 Å². The predicted molar refractivity (Wildman–Crippen MR) is 65.1 cm³/mol. The van der Waals surface area contributed by atoms with Crippen LogP contribution in [0.5, 0.6) is 0 Å². The highest BCUT2D eigenvalue weighted by molar-refractivity contribution is 4.92. The van der Waals surface area contributed by atoms with Gasteiger partial charge in [-0.1, -0.05) is 44.1 Å². The summed E-state index contributed by atoms with van der Waals surface area (Å²) in [5.74, 6) is 2.63. The van der Waals surface area contributed by atoms with Crippen LogP contribution in [0, 0.1) is 12.3 Å². The van der Waals surface area contributed by atoms with Crippen molar-refractivity contribution in [1.29, 1.82) is 0 Å². The van der Waals surface area contributed by atoms with Gasteiger partial charge in [0.05, 0.1) is 0 Å². The zero-order chi connectivity index (χ0) is 10.5. The standard InChI is InChI=1S/C14H22/c1-3-5-7-9-11-13-14-12-10-8-6-4-2/h1,9-12H,4-8,13-14H2,2H3. The number of rotatable bonds is 8. The lowest BCUT2D eigenvalue weighted by Crippen LogP contribution is -1.69. The third kappa shape index (κ3) is 11.0. The Morgan fingerprint density at radius 2 is 1.50 bits per heavy atom. The lowest BCUT2D eigenvalue weighted by atomic mass is 10.2. The number of unbranched alkanes of at least 4 members (excludes halogenated alkanes) is 4. The van der Waals surface area contributed by atoms with Gasteiger partial charge in [0.25, 0.3) is 0 Å². The van der Waals surface area contributed by atoms with Crippen LogP contribution in [0.2, 0.25) is 0 Å². The summed E-state index contributed by atoms with van der Waals surface area (Å²) in [7, 11) is 0. The zero-order valence-electron chi connectivity index (χ0n) is 9.34. The molecule has 0 heteroatoms. The van der Waals surface area contributed by atoms with Crippen molar-refractivity contribution in [3.8, 4) is 12.3 Å². The van der Waals surface area contributed by atoms with E-state index in [0.717, 1.165) is 25.7 Å². The Morgan fingerprint density at radius 1 is 0.929 bits per heavy atom. The highest BCUT2D eigenvalue weighted by Gasteiger charge is 1.79. The maximum atomic E-state index is 5.14. The summed E-state index contributed by atoms with van der Waals surface area (Å²) in [5.41, 5.74) is 0. The first-order valence-electron chi connectivity index (χ1n) is 5.65. The average molecular weight is 190 g/mol. The minimum Gasteiger partial charge on any atom is -0.120 e. The molecule has 0 bridgehead atoms. The second kappa shape index (κ2) is 12.0. The van der Waals surface area contributed by atoms with E-state index in [9.17, 15) is 0 Å². The van der Waals surface area contributed by atoms with Crippen molar-refractivity contribution >= 4 is 0 Å². The maximum Gasteiger partial charge on any atom is 0.0121 e. The highest BCUT2D eigenvalue weighted by atomic mass is 13.9. The number of hydrogen-bond donors (Lipinski definition) is 0. The third-order valence-electron chi connectivity index (χ3n) is 2.01. The first kappa shape index (κ1) is 13.0. The zero-order valence-corrected chi connectivity index (χ0v) is 9.34. The number of allylic oxidation sites excluding steroid dienone is 4. The van der Waals surface area contributed by atoms with Gasteiger partial charge in [0.2, 0.25) is 0 Å². The van der Waals surface area contributed by atoms with Gasteiger partial charge in [0.15, 0.2) is 0 Å². The molecule has 0 aliphatic carbocycles. The van der Waals surface area contributed by atoms with Crippen LogP contribution in [0.3, 0.4) is 0 Å². The second-order valence-corrected chi connectivity index (χ2v) is 3.41. The van der Waals surface area contributed by atoms with Crippen molar-refractivity contribution < 1.29 is 0 Å². The minimum absolute atomic E-state index is 0.864. The van der Waals surface area contributed by atoms with E-state index in [2.05, 4.69) is 37.1 Å². The van der Waals surface area contributed by atoms with Crippen molar-refractivity contribution in [2.75, 3.05) is 0 Å². The van der Waals surface area contributed by atoms with E-state index in [0.29, 0.717) is 0 Å². The molecule has 0 radical (unpaired) electrons. The van der Waals surface area contributed by atoms with Crippen LogP contribution in [0.1, 0.15) is 51.9 Å². The number of hydrogen-bond acceptors (Lipinski definition) is 0. The Balaban J connectivity index is 3.16. The van der Waals surface area contributed by atoms with Crippen molar-refractivity contribution in [3.63, 3.8) is 0 Å². The van der Waals surface area contributed by atoms with Crippen LogP contribution in [0.15, 0.2) is 24.3 Å². The first-order chi connectivity index (χ1) is 6.91. The molecule has 0 aliphatic rings. The molecule has 0 atom stereocenters. The molecule has 0 amide bonds. The summed E-state index contributed by atoms with van der Waals surface area (Å²) < 4.78 is 0. The summed E-state index contributed by atoms with van der Waals surface area (Å²) in [6.07, 6.45) is 22.1. The van der Waals surface area contributed by atoms with Gasteiger partial charge in [-0.25, -0.2) is 0 Å². The van der Waals surface area contributed by atoms with Gasteiger partial charge in [-0.2, -0.15) is 0 Å². The quantitative estimate of drug-likeness (QED) is 0.301. The summed E-state index contributed by atoms with van der Waals surface area (Å²) in [4.78, 5) is 0. The van der Waals surface area contributed by atoms with Crippen molar-refractivity contribution in [2.45, 2.75) is 51.9 Å². The summed E-state index contributed by atoms with van der Waals surface area (Å²) >= 11 is 0. The van der Waals surface area contributed by atoms with E-state index >= 15 is 0 Å². The maximum absolute atomic E-state index is 5.14. The molecular formula is C14H22. The second-order valence-electron chi connectivity index (χ2n) is 3.41. The fourth-order valence-corrected chi connectivity index (χ4v) is 1.15. The van der Waals surface area contributed by atoms with Crippen molar-refractivity contribution in [3.05, 3.63) is 24.3 Å². The van der Waals surface area contributed by atoms with E-state index in [1.54, 1.807) is 0 Å². The molecule has 0 unspecified atom stereocenters. The van der Waals surface area contributed by atoms with Crippen LogP contribution < -0.4 is 0 Å². The Labute approximate surface area is 89.1 Å². The van der Waals surface area contributed by atoms with Crippen LogP contribution in [-0.2, 0) is 0 Å². The van der Waals surface area contributed by atoms with E-state index in [1.807, 2.05) is 0 Å². The van der Waals surface area contributed by atoms with Gasteiger partial charge in [-0.05, 0) is 25.7 Å². The molecule has 0 spiro atoms. The molecule has 0 heterocycles. The van der Waals surface area contributed by atoms with Crippen molar-refractivity contribution in [1.82, 2.24) is 0 Å². The molecule has 0 saturated heterocycles. The Morgan fingerprint density at radius 3 is 2.07 bits per heavy atom. The molecular weight excluding hydrogens is 168 g/mol. The summed E-state index contributed by atoms with van der Waals surface area (Å²) in [5, 5.41) is 0. The van der Waals surface area contributed by atoms with Crippen molar-refractivity contribution in [2.24, 2.45) is 0 Å². The molecule has 0 aromatic heterocycles. The highest BCUT2D eigenvalue weighted by Crippen LogP contribution is 1.99. The molecule has 0 saturated carbocycles. The van der Waals surface area contributed by atoms with Crippen LogP contribution in [-0.4, -0.2) is 0 Å². The van der Waals surface area contributed by atoms with Gasteiger partial charge in [-0.15, -0.1) is 12.3 Å². The normalized spacial score (nSPS) is 11.1. The molecule has 14 heavy (non-hydrogen) atoms. The first-order valence-corrected chi connectivity index (χ1v) is 5.65. The topological polar surface area (TPSA) is 0 Å². The summed E-state index contributed by atoms with van der Waals surface area (Å²) in [6, 6.07) is 0. The average Bonchev–Trinajstić information content (AvgIpc) is 2.21. The smallest absolute Gasteiger partial charge is 0.0121 e. The summed E-state index contributed by atoms with van der Waals surface area (Å²) in [6.45, 7) is 2.22. The SMILES string of the molecule is C#CCCC=CCCC=CCCCC. The molecule has 78 valence electrons. The Hall–Kier alpha value is -0.960. The molecule has 0 rings (SSSR count). The number of terminal acetylenes is 1. The monoisotopic (exact) mass is 190 g/mol. The Kier molecular flexibility index (Phi) is 11.2. The fourth-order valence-electron chi connectivity index (χ4n) is 1.15. The van der Waals surface area contributed by atoms with Gasteiger partial charge in [0, 0.05) is 6.42 Å². The van der Waals surface area contributed by atoms with E-state index in [4.69, 9.17) is 6.42 Å². The van der Waals surface area contributed by atoms with Crippen LogP contribution in [0.25, 0.3) is 0 Å². The molecule has 0 aliphatic heterocycles. The third-order valence-corrected chi connectivity index (χ3v) is 2.01. The molecule has 0 fully saturated rings. The van der Waals surface area contributed by atoms with E-state index in [-0.39, 0.29) is 0 Å². The lowest BCUT2D eigenvalue weighted by Gasteiger charge is -1.89. The minimum atomic E-state index is 0.864. The van der Waals surface area contributed by atoms with Gasteiger partial charge in [0.1, 0.15) is 0 Å². The largest absolute Gasteiger partial charge is 0.120 e. The van der Waals surface area contributed by atoms with Gasteiger partial charge >= 0.3 is 0 Å². The van der Waals surface area contributed by atoms with E-state index < -0.39 is 0 Å². The van der Waals surface area contributed by atoms with E-state index in [1.165, 1.54) is 19.3 Å². The van der Waals surface area contributed by atoms with Gasteiger partial charge < -0.3 is 0 Å². The Bertz CT molecular complexity index is 191. The molecule has 0 nitrogen and oxygen atoms in total. The van der Waals surface area contributed by atoms with Gasteiger partial charge in [-0.3, -0.25) is 0 Å². The lowest BCUT2D eigenvalue weighted by molar-refractivity contribution is 0.811. The van der Waals surface area contributed by atoms with Crippen LogP contribution in [0.4, 0.5) is 0 Å².